The number of nitrogens with one attached hydrogen (secondary N) is 1. The highest BCUT2D eigenvalue weighted by Crippen LogP contribution is 2.33. The SMILES string of the molecule is COCCNc1cc(-c2cccc(F)c2F)cc(-c2ccccc2O)n1. The number of hydrogen-bond acceptors (Lipinski definition) is 4. The number of rotatable bonds is 6. The summed E-state index contributed by atoms with van der Waals surface area (Å²) in [6.07, 6.45) is 0. The van der Waals surface area contributed by atoms with Gasteiger partial charge in [0.05, 0.1) is 12.3 Å². The average molecular weight is 356 g/mol. The molecule has 0 amide bonds. The first-order valence-corrected chi connectivity index (χ1v) is 8.08. The molecule has 0 saturated heterocycles. The van der Waals surface area contributed by atoms with Gasteiger partial charge in [-0.25, -0.2) is 13.8 Å². The lowest BCUT2D eigenvalue weighted by molar-refractivity contribution is 0.210. The zero-order valence-electron chi connectivity index (χ0n) is 14.2. The lowest BCUT2D eigenvalue weighted by Gasteiger charge is -2.12. The summed E-state index contributed by atoms with van der Waals surface area (Å²) in [4.78, 5) is 4.47. The van der Waals surface area contributed by atoms with Crippen LogP contribution in [0, 0.1) is 11.6 Å². The van der Waals surface area contributed by atoms with E-state index in [2.05, 4.69) is 10.3 Å². The van der Waals surface area contributed by atoms with E-state index in [9.17, 15) is 13.9 Å². The molecule has 2 N–H and O–H groups in total. The van der Waals surface area contributed by atoms with Crippen molar-refractivity contribution in [1.82, 2.24) is 4.98 Å². The summed E-state index contributed by atoms with van der Waals surface area (Å²) in [5.41, 5.74) is 1.53. The van der Waals surface area contributed by atoms with E-state index < -0.39 is 11.6 Å². The van der Waals surface area contributed by atoms with E-state index in [0.717, 1.165) is 6.07 Å². The zero-order valence-corrected chi connectivity index (χ0v) is 14.2. The highest BCUT2D eigenvalue weighted by Gasteiger charge is 2.14. The van der Waals surface area contributed by atoms with Crippen molar-refractivity contribution < 1.29 is 18.6 Å². The third-order valence-electron chi connectivity index (χ3n) is 3.88. The molecule has 0 aliphatic rings. The summed E-state index contributed by atoms with van der Waals surface area (Å²) in [6.45, 7) is 0.963. The fraction of sp³-hybridized carbons (Fsp3) is 0.150. The molecule has 0 unspecified atom stereocenters. The molecular formula is C20H18F2N2O2. The Bertz CT molecular complexity index is 916. The molecule has 26 heavy (non-hydrogen) atoms. The number of halogens is 2. The summed E-state index contributed by atoms with van der Waals surface area (Å²) in [5, 5.41) is 13.2. The maximum absolute atomic E-state index is 14.3. The number of ether oxygens (including phenoxy) is 1. The van der Waals surface area contributed by atoms with E-state index in [1.165, 1.54) is 12.1 Å². The molecule has 0 atom stereocenters. The maximum atomic E-state index is 14.3. The van der Waals surface area contributed by atoms with Gasteiger partial charge in [0.1, 0.15) is 11.6 Å². The molecule has 1 heterocycles. The Kier molecular flexibility index (Phi) is 5.43. The second kappa shape index (κ2) is 7.93. The Balaban J connectivity index is 2.11. The highest BCUT2D eigenvalue weighted by atomic mass is 19.2. The number of aromatic nitrogens is 1. The third kappa shape index (κ3) is 3.81. The van der Waals surface area contributed by atoms with Crippen molar-refractivity contribution in [2.24, 2.45) is 0 Å². The van der Waals surface area contributed by atoms with Crippen molar-refractivity contribution in [2.45, 2.75) is 0 Å². The van der Waals surface area contributed by atoms with Gasteiger partial charge in [0.15, 0.2) is 11.6 Å². The predicted molar refractivity (Wildman–Crippen MR) is 97.1 cm³/mol. The van der Waals surface area contributed by atoms with E-state index in [1.54, 1.807) is 43.5 Å². The molecule has 0 radical (unpaired) electrons. The first kappa shape index (κ1) is 17.8. The second-order valence-corrected chi connectivity index (χ2v) is 5.66. The Labute approximate surface area is 150 Å². The number of para-hydroxylation sites is 1. The number of anilines is 1. The molecule has 0 spiro atoms. The monoisotopic (exact) mass is 356 g/mol. The molecule has 0 saturated carbocycles. The fourth-order valence-electron chi connectivity index (χ4n) is 2.61. The summed E-state index contributed by atoms with van der Waals surface area (Å²) in [5.74, 6) is -1.32. The minimum atomic E-state index is -0.926. The van der Waals surface area contributed by atoms with Crippen LogP contribution in [0.2, 0.25) is 0 Å². The van der Waals surface area contributed by atoms with Gasteiger partial charge in [0, 0.05) is 24.8 Å². The number of benzene rings is 2. The van der Waals surface area contributed by atoms with E-state index in [0.29, 0.717) is 35.8 Å². The number of phenolic OH excluding ortho intramolecular Hbond substituents is 1. The minimum absolute atomic E-state index is 0.0553. The van der Waals surface area contributed by atoms with E-state index in [4.69, 9.17) is 4.74 Å². The van der Waals surface area contributed by atoms with Gasteiger partial charge >= 0.3 is 0 Å². The summed E-state index contributed by atoms with van der Waals surface area (Å²) < 4.78 is 32.9. The number of phenols is 1. The molecule has 3 aromatic rings. The van der Waals surface area contributed by atoms with Gasteiger partial charge < -0.3 is 15.2 Å². The predicted octanol–water partition coefficient (Wildman–Crippen LogP) is 4.46. The Hall–Kier alpha value is -2.99. The van der Waals surface area contributed by atoms with E-state index >= 15 is 0 Å². The molecule has 3 rings (SSSR count). The lowest BCUT2D eigenvalue weighted by atomic mass is 10.0. The standard InChI is InChI=1S/C20H18F2N2O2/c1-26-10-9-23-19-12-13(14-6-4-7-16(21)20(14)22)11-17(24-19)15-5-2-3-8-18(15)25/h2-8,11-12,25H,9-10H2,1H3,(H,23,24). The molecule has 1 aromatic heterocycles. The van der Waals surface area contributed by atoms with Crippen molar-refractivity contribution in [3.8, 4) is 28.1 Å². The lowest BCUT2D eigenvalue weighted by Crippen LogP contribution is -2.09. The molecule has 0 fully saturated rings. The largest absolute Gasteiger partial charge is 0.507 e. The molecule has 2 aromatic carbocycles. The van der Waals surface area contributed by atoms with Gasteiger partial charge in [-0.2, -0.15) is 0 Å². The molecule has 0 bridgehead atoms. The van der Waals surface area contributed by atoms with Gasteiger partial charge in [0.25, 0.3) is 0 Å². The van der Waals surface area contributed by atoms with Crippen molar-refractivity contribution in [3.05, 3.63) is 66.2 Å². The second-order valence-electron chi connectivity index (χ2n) is 5.66. The van der Waals surface area contributed by atoms with E-state index in [-0.39, 0.29) is 11.3 Å². The third-order valence-corrected chi connectivity index (χ3v) is 3.88. The number of aromatic hydroxyl groups is 1. The number of nitrogens with zero attached hydrogens (tertiary/aromatic N) is 1. The Morgan fingerprint density at radius 3 is 2.58 bits per heavy atom. The van der Waals surface area contributed by atoms with Crippen LogP contribution >= 0.6 is 0 Å². The average Bonchev–Trinajstić information content (AvgIpc) is 2.64. The topological polar surface area (TPSA) is 54.4 Å². The molecule has 134 valence electrons. The fourth-order valence-corrected chi connectivity index (χ4v) is 2.61. The van der Waals surface area contributed by atoms with Gasteiger partial charge in [-0.15, -0.1) is 0 Å². The van der Waals surface area contributed by atoms with Crippen molar-refractivity contribution in [1.29, 1.82) is 0 Å². The first-order valence-electron chi connectivity index (χ1n) is 8.08. The molecule has 6 heteroatoms. The molecule has 0 aliphatic carbocycles. The minimum Gasteiger partial charge on any atom is -0.507 e. The number of methoxy groups -OCH3 is 1. The van der Waals surface area contributed by atoms with Crippen LogP contribution in [0.3, 0.4) is 0 Å². The summed E-state index contributed by atoms with van der Waals surface area (Å²) >= 11 is 0. The van der Waals surface area contributed by atoms with Crippen molar-refractivity contribution >= 4 is 5.82 Å². The molecule has 0 aliphatic heterocycles. The van der Waals surface area contributed by atoms with Crippen LogP contribution in [0.1, 0.15) is 0 Å². The smallest absolute Gasteiger partial charge is 0.166 e. The Morgan fingerprint density at radius 1 is 1.04 bits per heavy atom. The number of pyridine rings is 1. The normalized spacial score (nSPS) is 10.7. The number of hydrogen-bond donors (Lipinski definition) is 2. The Morgan fingerprint density at radius 2 is 1.81 bits per heavy atom. The van der Waals surface area contributed by atoms with Crippen molar-refractivity contribution in [3.63, 3.8) is 0 Å². The van der Waals surface area contributed by atoms with Crippen LogP contribution in [0.15, 0.2) is 54.6 Å². The van der Waals surface area contributed by atoms with Gasteiger partial charge in [0.2, 0.25) is 0 Å². The van der Waals surface area contributed by atoms with Crippen LogP contribution in [-0.2, 0) is 4.74 Å². The van der Waals surface area contributed by atoms with E-state index in [1.807, 2.05) is 0 Å². The van der Waals surface area contributed by atoms with Crippen LogP contribution in [0.25, 0.3) is 22.4 Å². The van der Waals surface area contributed by atoms with Crippen molar-refractivity contribution in [2.75, 3.05) is 25.6 Å². The van der Waals surface area contributed by atoms with Crippen LogP contribution in [0.4, 0.5) is 14.6 Å². The van der Waals surface area contributed by atoms with Gasteiger partial charge in [-0.1, -0.05) is 24.3 Å². The van der Waals surface area contributed by atoms with Crippen LogP contribution < -0.4 is 5.32 Å². The van der Waals surface area contributed by atoms with Crippen LogP contribution in [-0.4, -0.2) is 30.4 Å². The van der Waals surface area contributed by atoms with Crippen LogP contribution in [0.5, 0.6) is 5.75 Å². The summed E-state index contributed by atoms with van der Waals surface area (Å²) in [7, 11) is 1.58. The quantitative estimate of drug-likeness (QED) is 0.641. The summed E-state index contributed by atoms with van der Waals surface area (Å²) in [6, 6.07) is 14.0. The zero-order chi connectivity index (χ0) is 18.5. The van der Waals surface area contributed by atoms with Gasteiger partial charge in [-0.05, 0) is 35.9 Å². The molecular weight excluding hydrogens is 338 g/mol. The van der Waals surface area contributed by atoms with Gasteiger partial charge in [-0.3, -0.25) is 0 Å². The first-order chi connectivity index (χ1) is 12.6. The molecule has 4 nitrogen and oxygen atoms in total. The maximum Gasteiger partial charge on any atom is 0.166 e. The highest BCUT2D eigenvalue weighted by molar-refractivity contribution is 5.76.